The van der Waals surface area contributed by atoms with Gasteiger partial charge in [-0.1, -0.05) is 19.6 Å². The van der Waals surface area contributed by atoms with Gasteiger partial charge in [0.05, 0.1) is 6.42 Å². The molecule has 0 aliphatic rings. The molecule has 0 aliphatic carbocycles. The van der Waals surface area contributed by atoms with Crippen molar-refractivity contribution in [3.8, 4) is 5.75 Å². The molecular formula is C19H33NO3Si3. The van der Waals surface area contributed by atoms with Crippen molar-refractivity contribution in [2.24, 2.45) is 0 Å². The quantitative estimate of drug-likeness (QED) is 0.597. The van der Waals surface area contributed by atoms with Gasteiger partial charge in [-0.05, 0) is 69.2 Å². The first-order valence-corrected chi connectivity index (χ1v) is 19.5. The molecule has 7 heteroatoms. The van der Waals surface area contributed by atoms with Gasteiger partial charge >= 0.3 is 0 Å². The van der Waals surface area contributed by atoms with E-state index in [-0.39, 0.29) is 5.97 Å². The summed E-state index contributed by atoms with van der Waals surface area (Å²) in [5, 5.41) is 1.11. The van der Waals surface area contributed by atoms with Gasteiger partial charge in [-0.15, -0.1) is 0 Å². The van der Waals surface area contributed by atoms with E-state index in [9.17, 15) is 4.79 Å². The zero-order chi connectivity index (χ0) is 19.9. The monoisotopic (exact) mass is 407 g/mol. The first-order chi connectivity index (χ1) is 11.7. The van der Waals surface area contributed by atoms with Gasteiger partial charge in [-0.3, -0.25) is 4.79 Å². The van der Waals surface area contributed by atoms with Crippen molar-refractivity contribution in [2.75, 3.05) is 0 Å². The molecule has 0 saturated heterocycles. The maximum Gasteiger partial charge on any atom is 0.297 e. The van der Waals surface area contributed by atoms with Crippen molar-refractivity contribution in [1.29, 1.82) is 0 Å². The Morgan fingerprint density at radius 3 is 2.08 bits per heavy atom. The normalized spacial score (nSPS) is 13.1. The molecule has 2 rings (SSSR count). The van der Waals surface area contributed by atoms with Crippen LogP contribution in [0.2, 0.25) is 58.9 Å². The van der Waals surface area contributed by atoms with E-state index in [0.717, 1.165) is 16.7 Å². The molecule has 0 bridgehead atoms. The van der Waals surface area contributed by atoms with Crippen LogP contribution in [-0.2, 0) is 15.6 Å². The minimum absolute atomic E-state index is 0.129. The lowest BCUT2D eigenvalue weighted by molar-refractivity contribution is -0.134. The van der Waals surface area contributed by atoms with Crippen LogP contribution in [0.5, 0.6) is 5.75 Å². The highest BCUT2D eigenvalue weighted by atomic mass is 28.4. The van der Waals surface area contributed by atoms with Crippen LogP contribution >= 0.6 is 0 Å². The standard InChI is InChI=1S/C19H33NO3Si3/c1-24(2,3)20-14-15(12-19(21)23-26(7,8)9)17-13-16(10-11-18(17)20)22-25(4,5)6/h10-11,13-14H,12H2,1-9H3. The fraction of sp³-hybridized carbons (Fsp3) is 0.526. The van der Waals surface area contributed by atoms with Crippen LogP contribution in [0, 0.1) is 0 Å². The maximum atomic E-state index is 12.4. The Balaban J connectivity index is 2.49. The average Bonchev–Trinajstić information content (AvgIpc) is 2.73. The number of hydrogen-bond acceptors (Lipinski definition) is 3. The molecule has 4 nitrogen and oxygen atoms in total. The van der Waals surface area contributed by atoms with E-state index in [2.05, 4.69) is 67.9 Å². The van der Waals surface area contributed by atoms with Gasteiger partial charge < -0.3 is 13.1 Å². The van der Waals surface area contributed by atoms with Crippen molar-refractivity contribution in [2.45, 2.75) is 65.3 Å². The predicted octanol–water partition coefficient (Wildman–Crippen LogP) is 5.46. The minimum atomic E-state index is -1.88. The lowest BCUT2D eigenvalue weighted by atomic mass is 10.1. The van der Waals surface area contributed by atoms with Crippen molar-refractivity contribution >= 4 is 41.7 Å². The fourth-order valence-electron chi connectivity index (χ4n) is 2.92. The summed E-state index contributed by atoms with van der Waals surface area (Å²) in [4.78, 5) is 12.4. The van der Waals surface area contributed by atoms with Gasteiger partial charge in [0.15, 0.2) is 8.24 Å². The Hall–Kier alpha value is -1.32. The summed E-state index contributed by atoms with van der Waals surface area (Å²) in [6, 6.07) is 6.29. The first kappa shape index (κ1) is 21.0. The molecule has 0 aliphatic heterocycles. The summed E-state index contributed by atoms with van der Waals surface area (Å²) in [6.45, 7) is 19.6. The summed E-state index contributed by atoms with van der Waals surface area (Å²) in [5.74, 6) is 0.764. The largest absolute Gasteiger partial charge is 0.544 e. The van der Waals surface area contributed by atoms with E-state index in [1.807, 2.05) is 19.6 Å². The number of aromatic nitrogens is 1. The zero-order valence-electron chi connectivity index (χ0n) is 17.7. The number of nitrogens with zero attached hydrogens (tertiary/aromatic N) is 1. The zero-order valence-corrected chi connectivity index (χ0v) is 20.7. The Morgan fingerprint density at radius 2 is 1.58 bits per heavy atom. The van der Waals surface area contributed by atoms with Crippen LogP contribution in [0.4, 0.5) is 0 Å². The minimum Gasteiger partial charge on any atom is -0.544 e. The summed E-state index contributed by atoms with van der Waals surface area (Å²) in [7, 11) is -5.16. The summed E-state index contributed by atoms with van der Waals surface area (Å²) in [6.07, 6.45) is 2.47. The van der Waals surface area contributed by atoms with Gasteiger partial charge in [-0.2, -0.15) is 0 Å². The van der Waals surface area contributed by atoms with E-state index in [1.54, 1.807) is 0 Å². The molecule has 0 radical (unpaired) electrons. The van der Waals surface area contributed by atoms with Gasteiger partial charge in [0.25, 0.3) is 5.97 Å². The average molecular weight is 408 g/mol. The molecule has 1 heterocycles. The van der Waals surface area contributed by atoms with E-state index < -0.39 is 24.9 Å². The smallest absolute Gasteiger partial charge is 0.297 e. The lowest BCUT2D eigenvalue weighted by Gasteiger charge is -2.21. The molecule has 2 aromatic rings. The number of benzene rings is 1. The molecule has 1 aromatic heterocycles. The molecule has 0 unspecified atom stereocenters. The van der Waals surface area contributed by atoms with E-state index in [1.165, 1.54) is 5.52 Å². The van der Waals surface area contributed by atoms with Crippen LogP contribution in [0.25, 0.3) is 10.9 Å². The third kappa shape index (κ3) is 5.59. The number of fused-ring (bicyclic) bond motifs is 1. The third-order valence-electron chi connectivity index (χ3n) is 3.76. The van der Waals surface area contributed by atoms with Gasteiger partial charge in [0.2, 0.25) is 16.6 Å². The number of hydrogen-bond donors (Lipinski definition) is 0. The SMILES string of the molecule is C[Si](C)(C)OC(=O)Cc1cn([Si](C)(C)C)c2ccc(O[Si](C)(C)C)cc12. The van der Waals surface area contributed by atoms with Crippen LogP contribution < -0.4 is 4.43 Å². The van der Waals surface area contributed by atoms with Crippen molar-refractivity contribution in [3.05, 3.63) is 30.0 Å². The maximum absolute atomic E-state index is 12.4. The Morgan fingerprint density at radius 1 is 0.962 bits per heavy atom. The van der Waals surface area contributed by atoms with Crippen molar-refractivity contribution in [3.63, 3.8) is 0 Å². The lowest BCUT2D eigenvalue weighted by Crippen LogP contribution is -2.31. The van der Waals surface area contributed by atoms with Crippen LogP contribution in [0.3, 0.4) is 0 Å². The highest BCUT2D eigenvalue weighted by Crippen LogP contribution is 2.30. The van der Waals surface area contributed by atoms with Gasteiger partial charge in [0.1, 0.15) is 5.75 Å². The Bertz CT molecular complexity index is 808. The second-order valence-corrected chi connectivity index (χ2v) is 23.5. The number of rotatable bonds is 6. The first-order valence-electron chi connectivity index (χ1n) is 9.21. The fourth-order valence-corrected chi connectivity index (χ4v) is 5.97. The summed E-state index contributed by atoms with van der Waals surface area (Å²) in [5.41, 5.74) is 2.22. The van der Waals surface area contributed by atoms with Crippen molar-refractivity contribution < 1.29 is 13.6 Å². The molecule has 0 atom stereocenters. The molecule has 0 fully saturated rings. The molecule has 0 amide bonds. The van der Waals surface area contributed by atoms with Crippen LogP contribution in [0.1, 0.15) is 5.56 Å². The predicted molar refractivity (Wildman–Crippen MR) is 118 cm³/mol. The summed E-state index contributed by atoms with van der Waals surface area (Å²) < 4.78 is 14.2. The number of carbonyl (C=O) groups is 1. The molecule has 0 spiro atoms. The second-order valence-electron chi connectivity index (χ2n) is 9.85. The van der Waals surface area contributed by atoms with E-state index in [4.69, 9.17) is 8.85 Å². The molecular weight excluding hydrogens is 374 g/mol. The van der Waals surface area contributed by atoms with Crippen LogP contribution in [0.15, 0.2) is 24.4 Å². The highest BCUT2D eigenvalue weighted by molar-refractivity contribution is 6.75. The Labute approximate surface area is 160 Å². The van der Waals surface area contributed by atoms with E-state index in [0.29, 0.717) is 6.42 Å². The third-order valence-corrected chi connectivity index (χ3v) is 7.26. The molecule has 144 valence electrons. The number of carbonyl (C=O) groups excluding carboxylic acids is 1. The molecule has 26 heavy (non-hydrogen) atoms. The second kappa shape index (κ2) is 7.01. The van der Waals surface area contributed by atoms with E-state index >= 15 is 0 Å². The Kier molecular flexibility index (Phi) is 5.66. The van der Waals surface area contributed by atoms with Crippen molar-refractivity contribution in [1.82, 2.24) is 4.23 Å². The van der Waals surface area contributed by atoms with Crippen LogP contribution in [-0.4, -0.2) is 35.1 Å². The molecule has 1 aromatic carbocycles. The van der Waals surface area contributed by atoms with Gasteiger partial charge in [0, 0.05) is 10.9 Å². The molecule has 0 saturated carbocycles. The highest BCUT2D eigenvalue weighted by Gasteiger charge is 2.25. The summed E-state index contributed by atoms with van der Waals surface area (Å²) >= 11 is 0. The topological polar surface area (TPSA) is 40.5 Å². The van der Waals surface area contributed by atoms with Gasteiger partial charge in [-0.25, -0.2) is 0 Å². The molecule has 0 N–H and O–H groups in total.